The van der Waals surface area contributed by atoms with Crippen molar-refractivity contribution >= 4 is 11.9 Å². The second-order valence-electron chi connectivity index (χ2n) is 5.74. The van der Waals surface area contributed by atoms with Crippen LogP contribution in [-0.2, 0) is 21.0 Å². The SMILES string of the molecule is COC(=O)c1c(-c2ccc(F)cc2)c(-c2ccncc2)cn1COC(C)=O. The Morgan fingerprint density at radius 3 is 2.33 bits per heavy atom. The number of esters is 2. The lowest BCUT2D eigenvalue weighted by Gasteiger charge is -2.10. The second-order valence-corrected chi connectivity index (χ2v) is 5.74. The fourth-order valence-electron chi connectivity index (χ4n) is 2.79. The minimum atomic E-state index is -0.596. The highest BCUT2D eigenvalue weighted by molar-refractivity contribution is 6.01. The molecule has 0 fully saturated rings. The first-order chi connectivity index (χ1) is 13.0. The molecule has 0 radical (unpaired) electrons. The lowest BCUT2D eigenvalue weighted by molar-refractivity contribution is -0.144. The molecular formula is C20H17FN2O4. The minimum Gasteiger partial charge on any atom is -0.464 e. The number of pyridine rings is 1. The van der Waals surface area contributed by atoms with Gasteiger partial charge >= 0.3 is 11.9 Å². The molecule has 0 N–H and O–H groups in total. The van der Waals surface area contributed by atoms with E-state index in [1.54, 1.807) is 42.9 Å². The standard InChI is InChI=1S/C20H17FN2O4/c1-13(24)27-12-23-11-17(14-7-9-22-10-8-14)18(19(23)20(25)26-2)15-3-5-16(21)6-4-15/h3-11H,12H2,1-2H3. The molecule has 3 aromatic rings. The fourth-order valence-corrected chi connectivity index (χ4v) is 2.79. The third-order valence-electron chi connectivity index (χ3n) is 3.99. The number of carbonyl (C=O) groups excluding carboxylic acids is 2. The van der Waals surface area contributed by atoms with Gasteiger partial charge in [-0.1, -0.05) is 12.1 Å². The summed E-state index contributed by atoms with van der Waals surface area (Å²) in [5.41, 5.74) is 2.90. The summed E-state index contributed by atoms with van der Waals surface area (Å²) in [5.74, 6) is -1.46. The quantitative estimate of drug-likeness (QED) is 0.643. The van der Waals surface area contributed by atoms with Crippen molar-refractivity contribution in [2.24, 2.45) is 0 Å². The summed E-state index contributed by atoms with van der Waals surface area (Å²) in [6, 6.07) is 9.38. The fraction of sp³-hybridized carbons (Fsp3) is 0.150. The van der Waals surface area contributed by atoms with Crippen LogP contribution in [0.2, 0.25) is 0 Å². The van der Waals surface area contributed by atoms with Crippen molar-refractivity contribution in [3.8, 4) is 22.3 Å². The van der Waals surface area contributed by atoms with Gasteiger partial charge in [-0.05, 0) is 35.4 Å². The average molecular weight is 368 g/mol. The van der Waals surface area contributed by atoms with E-state index in [1.807, 2.05) is 0 Å². The molecule has 27 heavy (non-hydrogen) atoms. The molecule has 2 heterocycles. The highest BCUT2D eigenvalue weighted by Gasteiger charge is 2.25. The lowest BCUT2D eigenvalue weighted by atomic mass is 9.97. The molecule has 0 saturated carbocycles. The van der Waals surface area contributed by atoms with Crippen LogP contribution in [-0.4, -0.2) is 28.6 Å². The van der Waals surface area contributed by atoms with Crippen LogP contribution >= 0.6 is 0 Å². The van der Waals surface area contributed by atoms with Crippen molar-refractivity contribution < 1.29 is 23.5 Å². The van der Waals surface area contributed by atoms with Gasteiger partial charge in [0.25, 0.3) is 0 Å². The van der Waals surface area contributed by atoms with Gasteiger partial charge in [0.05, 0.1) is 7.11 Å². The third-order valence-corrected chi connectivity index (χ3v) is 3.99. The zero-order chi connectivity index (χ0) is 19.4. The van der Waals surface area contributed by atoms with Crippen molar-refractivity contribution in [3.05, 3.63) is 66.5 Å². The molecule has 1 aromatic carbocycles. The van der Waals surface area contributed by atoms with Crippen molar-refractivity contribution in [2.45, 2.75) is 13.7 Å². The second kappa shape index (κ2) is 7.82. The topological polar surface area (TPSA) is 70.4 Å². The van der Waals surface area contributed by atoms with E-state index >= 15 is 0 Å². The van der Waals surface area contributed by atoms with Crippen LogP contribution in [0.3, 0.4) is 0 Å². The Morgan fingerprint density at radius 2 is 1.74 bits per heavy atom. The molecule has 0 atom stereocenters. The molecule has 0 bridgehead atoms. The Kier molecular flexibility index (Phi) is 5.30. The Morgan fingerprint density at radius 1 is 1.07 bits per heavy atom. The molecular weight excluding hydrogens is 351 g/mol. The van der Waals surface area contributed by atoms with Crippen LogP contribution in [0.15, 0.2) is 55.0 Å². The van der Waals surface area contributed by atoms with Gasteiger partial charge in [0.2, 0.25) is 0 Å². The van der Waals surface area contributed by atoms with Crippen LogP contribution < -0.4 is 0 Å². The van der Waals surface area contributed by atoms with E-state index in [4.69, 9.17) is 9.47 Å². The van der Waals surface area contributed by atoms with E-state index < -0.39 is 11.9 Å². The van der Waals surface area contributed by atoms with Crippen molar-refractivity contribution in [1.29, 1.82) is 0 Å². The molecule has 2 aromatic heterocycles. The molecule has 0 aliphatic heterocycles. The predicted octanol–water partition coefficient (Wildman–Crippen LogP) is 3.66. The number of carbonyl (C=O) groups is 2. The molecule has 0 saturated heterocycles. The van der Waals surface area contributed by atoms with Gasteiger partial charge in [0, 0.05) is 36.6 Å². The molecule has 3 rings (SSSR count). The summed E-state index contributed by atoms with van der Waals surface area (Å²) in [6.07, 6.45) is 4.96. The summed E-state index contributed by atoms with van der Waals surface area (Å²) in [4.78, 5) is 27.8. The number of hydrogen-bond acceptors (Lipinski definition) is 5. The van der Waals surface area contributed by atoms with E-state index in [9.17, 15) is 14.0 Å². The highest BCUT2D eigenvalue weighted by atomic mass is 19.1. The van der Waals surface area contributed by atoms with Crippen LogP contribution in [0.25, 0.3) is 22.3 Å². The predicted molar refractivity (Wildman–Crippen MR) is 96.2 cm³/mol. The van der Waals surface area contributed by atoms with Gasteiger partial charge in [0.1, 0.15) is 11.5 Å². The zero-order valence-electron chi connectivity index (χ0n) is 14.8. The number of hydrogen-bond donors (Lipinski definition) is 0. The Balaban J connectivity index is 2.26. The first kappa shape index (κ1) is 18.3. The van der Waals surface area contributed by atoms with E-state index in [2.05, 4.69) is 4.98 Å². The lowest BCUT2D eigenvalue weighted by Crippen LogP contribution is -2.14. The van der Waals surface area contributed by atoms with Crippen LogP contribution in [0.5, 0.6) is 0 Å². The Hall–Kier alpha value is -3.48. The summed E-state index contributed by atoms with van der Waals surface area (Å²) < 4.78 is 24.9. The maximum Gasteiger partial charge on any atom is 0.355 e. The minimum absolute atomic E-state index is 0.154. The van der Waals surface area contributed by atoms with Crippen LogP contribution in [0.1, 0.15) is 17.4 Å². The highest BCUT2D eigenvalue weighted by Crippen LogP contribution is 2.37. The third kappa shape index (κ3) is 3.87. The van der Waals surface area contributed by atoms with Gasteiger partial charge in [-0.2, -0.15) is 0 Å². The van der Waals surface area contributed by atoms with E-state index in [0.29, 0.717) is 16.7 Å². The van der Waals surface area contributed by atoms with E-state index in [-0.39, 0.29) is 18.2 Å². The van der Waals surface area contributed by atoms with Crippen LogP contribution in [0.4, 0.5) is 4.39 Å². The van der Waals surface area contributed by atoms with Gasteiger partial charge in [0.15, 0.2) is 6.73 Å². The van der Waals surface area contributed by atoms with E-state index in [1.165, 1.54) is 30.7 Å². The van der Waals surface area contributed by atoms with Crippen molar-refractivity contribution in [1.82, 2.24) is 9.55 Å². The summed E-state index contributed by atoms with van der Waals surface area (Å²) in [7, 11) is 1.27. The largest absolute Gasteiger partial charge is 0.464 e. The van der Waals surface area contributed by atoms with Crippen molar-refractivity contribution in [2.75, 3.05) is 7.11 Å². The number of benzene rings is 1. The van der Waals surface area contributed by atoms with Crippen molar-refractivity contribution in [3.63, 3.8) is 0 Å². The molecule has 0 aliphatic rings. The number of ether oxygens (including phenoxy) is 2. The normalized spacial score (nSPS) is 10.5. The van der Waals surface area contributed by atoms with Gasteiger partial charge < -0.3 is 14.0 Å². The smallest absolute Gasteiger partial charge is 0.355 e. The zero-order valence-corrected chi connectivity index (χ0v) is 14.8. The van der Waals surface area contributed by atoms with Gasteiger partial charge in [-0.25, -0.2) is 9.18 Å². The molecule has 7 heteroatoms. The molecule has 6 nitrogen and oxygen atoms in total. The van der Waals surface area contributed by atoms with Crippen LogP contribution in [0, 0.1) is 5.82 Å². The Bertz CT molecular complexity index is 966. The molecule has 0 amide bonds. The first-order valence-corrected chi connectivity index (χ1v) is 8.12. The van der Waals surface area contributed by atoms with E-state index in [0.717, 1.165) is 5.56 Å². The molecule has 0 unspecified atom stereocenters. The monoisotopic (exact) mass is 368 g/mol. The molecule has 0 aliphatic carbocycles. The summed E-state index contributed by atoms with van der Waals surface area (Å²) in [5, 5.41) is 0. The van der Waals surface area contributed by atoms with Gasteiger partial charge in [-0.15, -0.1) is 0 Å². The maximum absolute atomic E-state index is 13.4. The number of aromatic nitrogens is 2. The number of methoxy groups -OCH3 is 1. The summed E-state index contributed by atoms with van der Waals surface area (Å²) >= 11 is 0. The number of halogens is 1. The number of nitrogens with zero attached hydrogens (tertiary/aromatic N) is 2. The first-order valence-electron chi connectivity index (χ1n) is 8.12. The maximum atomic E-state index is 13.4. The Labute approximate surface area is 155 Å². The molecule has 138 valence electrons. The average Bonchev–Trinajstić information content (AvgIpc) is 3.06. The molecule has 0 spiro atoms. The van der Waals surface area contributed by atoms with Gasteiger partial charge in [-0.3, -0.25) is 9.78 Å². The summed E-state index contributed by atoms with van der Waals surface area (Å²) in [6.45, 7) is 1.13. The number of rotatable bonds is 5.